The average Bonchev–Trinajstić information content (AvgIpc) is 3.20. The van der Waals surface area contributed by atoms with Gasteiger partial charge < -0.3 is 10.4 Å². The number of fused-ring (bicyclic) bond motifs is 2. The summed E-state index contributed by atoms with van der Waals surface area (Å²) in [5.74, 6) is 0.672. The van der Waals surface area contributed by atoms with Gasteiger partial charge in [0.15, 0.2) is 0 Å². The standard InChI is InChI=1S/C24H28ClNOS/c1-15-20-12-19(25)8-9-22(20)28-23(15)21(27)14-26-24(2,3)13-16-10-17-6-4-5-7-18(17)11-16/h4-9,12,16,21,26-27H,10-11,13-14H2,1-3H3. The Bertz CT molecular complexity index is 968. The first kappa shape index (κ1) is 19.9. The van der Waals surface area contributed by atoms with Gasteiger partial charge in [-0.05, 0) is 86.2 Å². The number of aliphatic hydroxyl groups excluding tert-OH is 1. The second-order valence-electron chi connectivity index (χ2n) is 8.76. The van der Waals surface area contributed by atoms with E-state index in [2.05, 4.69) is 50.4 Å². The van der Waals surface area contributed by atoms with Crippen molar-refractivity contribution in [2.45, 2.75) is 51.7 Å². The third-order valence-corrected chi connectivity index (χ3v) is 7.56. The van der Waals surface area contributed by atoms with E-state index in [1.807, 2.05) is 18.2 Å². The predicted molar refractivity (Wildman–Crippen MR) is 121 cm³/mol. The van der Waals surface area contributed by atoms with E-state index in [1.165, 1.54) is 28.7 Å². The number of nitrogens with one attached hydrogen (secondary N) is 1. The molecule has 4 rings (SSSR count). The number of benzene rings is 2. The van der Waals surface area contributed by atoms with Gasteiger partial charge in [0.2, 0.25) is 0 Å². The minimum atomic E-state index is -0.503. The lowest BCUT2D eigenvalue weighted by molar-refractivity contribution is 0.158. The van der Waals surface area contributed by atoms with Crippen LogP contribution >= 0.6 is 22.9 Å². The number of hydrogen-bond acceptors (Lipinski definition) is 3. The molecule has 2 N–H and O–H groups in total. The zero-order valence-corrected chi connectivity index (χ0v) is 18.3. The number of halogens is 1. The van der Waals surface area contributed by atoms with Crippen molar-refractivity contribution in [3.63, 3.8) is 0 Å². The Morgan fingerprint density at radius 2 is 1.86 bits per heavy atom. The first-order valence-corrected chi connectivity index (χ1v) is 11.2. The summed E-state index contributed by atoms with van der Waals surface area (Å²) in [7, 11) is 0. The molecule has 0 spiro atoms. The summed E-state index contributed by atoms with van der Waals surface area (Å²) in [5, 5.41) is 16.4. The monoisotopic (exact) mass is 413 g/mol. The van der Waals surface area contributed by atoms with Crippen LogP contribution in [-0.4, -0.2) is 17.2 Å². The highest BCUT2D eigenvalue weighted by atomic mass is 35.5. The molecule has 0 bridgehead atoms. The lowest BCUT2D eigenvalue weighted by Crippen LogP contribution is -2.43. The highest BCUT2D eigenvalue weighted by Crippen LogP contribution is 2.36. The molecule has 1 heterocycles. The summed E-state index contributed by atoms with van der Waals surface area (Å²) in [6.07, 6.45) is 2.94. The summed E-state index contributed by atoms with van der Waals surface area (Å²) in [6.45, 7) is 7.14. The van der Waals surface area contributed by atoms with Crippen LogP contribution in [0.4, 0.5) is 0 Å². The zero-order chi connectivity index (χ0) is 19.9. The minimum absolute atomic E-state index is 0.0123. The van der Waals surface area contributed by atoms with Gasteiger partial charge in [0.25, 0.3) is 0 Å². The van der Waals surface area contributed by atoms with Crippen molar-refractivity contribution >= 4 is 33.0 Å². The molecule has 28 heavy (non-hydrogen) atoms. The van der Waals surface area contributed by atoms with Gasteiger partial charge in [-0.25, -0.2) is 0 Å². The molecule has 0 fully saturated rings. The molecule has 2 nitrogen and oxygen atoms in total. The van der Waals surface area contributed by atoms with E-state index in [9.17, 15) is 5.11 Å². The van der Waals surface area contributed by atoms with Gasteiger partial charge in [0.05, 0.1) is 0 Å². The SMILES string of the molecule is Cc1c(C(O)CNC(C)(C)CC2Cc3ccccc3C2)sc2ccc(Cl)cc12. The van der Waals surface area contributed by atoms with E-state index in [4.69, 9.17) is 11.6 Å². The Labute approximate surface area is 176 Å². The number of aryl methyl sites for hydroxylation is 1. The van der Waals surface area contributed by atoms with E-state index < -0.39 is 6.10 Å². The molecule has 1 aliphatic rings. The molecule has 1 aromatic heterocycles. The molecule has 0 aliphatic heterocycles. The van der Waals surface area contributed by atoms with Gasteiger partial charge in [-0.1, -0.05) is 35.9 Å². The summed E-state index contributed by atoms with van der Waals surface area (Å²) >= 11 is 7.81. The van der Waals surface area contributed by atoms with Crippen LogP contribution < -0.4 is 5.32 Å². The smallest absolute Gasteiger partial charge is 0.101 e. The van der Waals surface area contributed by atoms with Crippen molar-refractivity contribution in [2.24, 2.45) is 5.92 Å². The summed E-state index contributed by atoms with van der Waals surface area (Å²) in [4.78, 5) is 1.04. The average molecular weight is 414 g/mol. The third kappa shape index (κ3) is 4.13. The Balaban J connectivity index is 1.39. The van der Waals surface area contributed by atoms with Gasteiger partial charge in [-0.15, -0.1) is 11.3 Å². The fourth-order valence-corrected chi connectivity index (χ4v) is 5.93. The lowest BCUT2D eigenvalue weighted by atomic mass is 9.88. The van der Waals surface area contributed by atoms with E-state index >= 15 is 0 Å². The van der Waals surface area contributed by atoms with Crippen molar-refractivity contribution in [3.8, 4) is 0 Å². The second kappa shape index (κ2) is 7.79. The Morgan fingerprint density at radius 1 is 1.18 bits per heavy atom. The quantitative estimate of drug-likeness (QED) is 0.514. The molecule has 0 amide bonds. The van der Waals surface area contributed by atoms with Crippen LogP contribution in [-0.2, 0) is 12.8 Å². The van der Waals surface area contributed by atoms with Crippen LogP contribution in [0.5, 0.6) is 0 Å². The molecule has 1 atom stereocenters. The fraction of sp³-hybridized carbons (Fsp3) is 0.417. The molecule has 0 saturated carbocycles. The van der Waals surface area contributed by atoms with Crippen LogP contribution in [0.15, 0.2) is 42.5 Å². The molecule has 2 aromatic carbocycles. The van der Waals surface area contributed by atoms with Crippen LogP contribution in [0, 0.1) is 12.8 Å². The molecule has 148 valence electrons. The van der Waals surface area contributed by atoms with E-state index in [-0.39, 0.29) is 5.54 Å². The molecule has 0 saturated heterocycles. The maximum absolute atomic E-state index is 10.9. The zero-order valence-electron chi connectivity index (χ0n) is 16.8. The summed E-state index contributed by atoms with van der Waals surface area (Å²) in [5.41, 5.74) is 4.13. The molecule has 4 heteroatoms. The molecular formula is C24H28ClNOS. The van der Waals surface area contributed by atoms with Gasteiger partial charge in [0.1, 0.15) is 6.10 Å². The van der Waals surface area contributed by atoms with Crippen LogP contribution in [0.1, 0.15) is 47.9 Å². The Hall–Kier alpha value is -1.39. The second-order valence-corrected chi connectivity index (χ2v) is 10.3. The number of β-amino-alcohol motifs (C(OH)–C–C–N with tert-alkyl or cyclic N) is 1. The predicted octanol–water partition coefficient (Wildman–Crippen LogP) is 6.07. The van der Waals surface area contributed by atoms with Gasteiger partial charge in [-0.2, -0.15) is 0 Å². The maximum Gasteiger partial charge on any atom is 0.101 e. The largest absolute Gasteiger partial charge is 0.386 e. The van der Waals surface area contributed by atoms with Gasteiger partial charge in [0, 0.05) is 26.7 Å². The highest BCUT2D eigenvalue weighted by molar-refractivity contribution is 7.19. The van der Waals surface area contributed by atoms with Crippen molar-refractivity contribution in [1.29, 1.82) is 0 Å². The highest BCUT2D eigenvalue weighted by Gasteiger charge is 2.29. The Morgan fingerprint density at radius 3 is 2.54 bits per heavy atom. The molecule has 3 aromatic rings. The molecule has 1 unspecified atom stereocenters. The maximum atomic E-state index is 10.9. The lowest BCUT2D eigenvalue weighted by Gasteiger charge is -2.30. The van der Waals surface area contributed by atoms with Crippen molar-refractivity contribution in [1.82, 2.24) is 5.32 Å². The first-order valence-electron chi connectivity index (χ1n) is 10.0. The van der Waals surface area contributed by atoms with Crippen molar-refractivity contribution < 1.29 is 5.11 Å². The normalized spacial score (nSPS) is 15.9. The summed E-state index contributed by atoms with van der Waals surface area (Å²) in [6, 6.07) is 14.8. The van der Waals surface area contributed by atoms with E-state index in [0.29, 0.717) is 12.5 Å². The molecule has 0 radical (unpaired) electrons. The van der Waals surface area contributed by atoms with Crippen molar-refractivity contribution in [2.75, 3.05) is 6.54 Å². The Kier molecular flexibility index (Phi) is 5.54. The van der Waals surface area contributed by atoms with Crippen molar-refractivity contribution in [3.05, 3.63) is 69.1 Å². The van der Waals surface area contributed by atoms with Crippen LogP contribution in [0.2, 0.25) is 5.02 Å². The van der Waals surface area contributed by atoms with Crippen LogP contribution in [0.3, 0.4) is 0 Å². The van der Waals surface area contributed by atoms with Gasteiger partial charge >= 0.3 is 0 Å². The van der Waals surface area contributed by atoms with E-state index in [1.54, 1.807) is 11.3 Å². The van der Waals surface area contributed by atoms with Gasteiger partial charge in [-0.3, -0.25) is 0 Å². The summed E-state index contributed by atoms with van der Waals surface area (Å²) < 4.78 is 1.18. The number of thiophene rings is 1. The number of aliphatic hydroxyl groups is 1. The minimum Gasteiger partial charge on any atom is -0.386 e. The first-order chi connectivity index (χ1) is 13.3. The third-order valence-electron chi connectivity index (χ3n) is 5.95. The van der Waals surface area contributed by atoms with Crippen LogP contribution in [0.25, 0.3) is 10.1 Å². The topological polar surface area (TPSA) is 32.3 Å². The fourth-order valence-electron chi connectivity index (χ4n) is 4.58. The van der Waals surface area contributed by atoms with E-state index in [0.717, 1.165) is 27.3 Å². The molecule has 1 aliphatic carbocycles. The molecular weight excluding hydrogens is 386 g/mol. The number of rotatable bonds is 6. The number of hydrogen-bond donors (Lipinski definition) is 2.